The summed E-state index contributed by atoms with van der Waals surface area (Å²) in [6.07, 6.45) is -14.0. The Hall–Kier alpha value is -0.920. The lowest BCUT2D eigenvalue weighted by Crippen LogP contribution is -2.59. The first-order chi connectivity index (χ1) is 13.3. The van der Waals surface area contributed by atoms with Crippen molar-refractivity contribution >= 4 is 0 Å². The zero-order valence-corrected chi connectivity index (χ0v) is 14.8. The Labute approximate surface area is 160 Å². The van der Waals surface area contributed by atoms with Crippen LogP contribution in [-0.4, -0.2) is 129 Å². The molecular weight excluding hydrogens is 384 g/mol. The van der Waals surface area contributed by atoms with E-state index in [-0.39, 0.29) is 13.2 Å². The minimum atomic E-state index is -1.56. The van der Waals surface area contributed by atoms with E-state index in [1.54, 1.807) is 0 Å². The van der Waals surface area contributed by atoms with Gasteiger partial charge in [0.2, 0.25) is 0 Å². The third-order valence-corrected chi connectivity index (χ3v) is 4.46. The molecule has 0 saturated carbocycles. The molecule has 0 aromatic carbocycles. The number of hydrogen-bond donors (Lipinski definition) is 8. The molecule has 2 aliphatic rings. The lowest BCUT2D eigenvalue weighted by molar-refractivity contribution is -0.298. The van der Waals surface area contributed by atoms with Crippen LogP contribution in [0.5, 0.6) is 0 Å². The van der Waals surface area contributed by atoms with Gasteiger partial charge in [0, 0.05) is 0 Å². The van der Waals surface area contributed by atoms with Gasteiger partial charge in [-0.2, -0.15) is 0 Å². The average molecular weight is 410 g/mol. The van der Waals surface area contributed by atoms with E-state index in [1.807, 2.05) is 0 Å². The van der Waals surface area contributed by atoms with Crippen LogP contribution in [0.4, 0.5) is 0 Å². The molecule has 2 aliphatic heterocycles. The summed E-state index contributed by atoms with van der Waals surface area (Å²) in [5.41, 5.74) is 0. The van der Waals surface area contributed by atoms with Crippen molar-refractivity contribution in [2.75, 3.05) is 26.4 Å². The first kappa shape index (κ1) is 23.4. The average Bonchev–Trinajstić information content (AvgIpc) is 2.70. The van der Waals surface area contributed by atoms with Crippen LogP contribution >= 0.6 is 0 Å². The Balaban J connectivity index is 1.76. The minimum absolute atomic E-state index is 0.249. The van der Waals surface area contributed by atoms with Gasteiger partial charge in [0.25, 0.3) is 0 Å². The quantitative estimate of drug-likeness (QED) is 0.194. The zero-order valence-electron chi connectivity index (χ0n) is 14.8. The Kier molecular flexibility index (Phi) is 8.96. The molecule has 28 heavy (non-hydrogen) atoms. The molecule has 10 atom stereocenters. The third kappa shape index (κ3) is 5.36. The predicted octanol–water partition coefficient (Wildman–Crippen LogP) is -5.38. The van der Waals surface area contributed by atoms with Gasteiger partial charge in [0.05, 0.1) is 13.2 Å². The molecule has 2 rings (SSSR count). The highest BCUT2D eigenvalue weighted by Gasteiger charge is 2.44. The summed E-state index contributed by atoms with van der Waals surface area (Å²) in [5.74, 6) is 5.04. The standard InChI is InChI=1S/C16H26O12/c17-5-7-9(19)11(21)13(23)15(27-7)25-3-1-2-4-26-16-14(24)12(22)10(20)8(6-18)28-16/h7-24H,3-6H2/t7-,8-,9-,10-,11+,12+,13+,14+,15+,16+/m1/s1. The molecule has 12 nitrogen and oxygen atoms in total. The van der Waals surface area contributed by atoms with Gasteiger partial charge in [0.15, 0.2) is 12.6 Å². The van der Waals surface area contributed by atoms with Crippen LogP contribution in [0.3, 0.4) is 0 Å². The van der Waals surface area contributed by atoms with Gasteiger partial charge in [-0.15, -0.1) is 0 Å². The molecule has 2 fully saturated rings. The van der Waals surface area contributed by atoms with E-state index in [4.69, 9.17) is 29.2 Å². The highest BCUT2D eigenvalue weighted by Crippen LogP contribution is 2.22. The molecule has 0 radical (unpaired) electrons. The molecule has 0 bridgehead atoms. The largest absolute Gasteiger partial charge is 0.394 e. The van der Waals surface area contributed by atoms with Crippen LogP contribution in [0.15, 0.2) is 0 Å². The number of aliphatic hydroxyl groups excluding tert-OH is 8. The van der Waals surface area contributed by atoms with Crippen molar-refractivity contribution in [2.24, 2.45) is 0 Å². The maximum Gasteiger partial charge on any atom is 0.187 e. The lowest BCUT2D eigenvalue weighted by atomic mass is 9.99. The van der Waals surface area contributed by atoms with Gasteiger partial charge >= 0.3 is 0 Å². The van der Waals surface area contributed by atoms with Gasteiger partial charge in [-0.1, -0.05) is 11.8 Å². The topological polar surface area (TPSA) is 199 Å². The second kappa shape index (κ2) is 10.7. The monoisotopic (exact) mass is 410 g/mol. The van der Waals surface area contributed by atoms with Crippen LogP contribution < -0.4 is 0 Å². The van der Waals surface area contributed by atoms with Crippen LogP contribution in [-0.2, 0) is 18.9 Å². The fourth-order valence-electron chi connectivity index (χ4n) is 2.76. The predicted molar refractivity (Wildman–Crippen MR) is 87.2 cm³/mol. The van der Waals surface area contributed by atoms with Crippen LogP contribution in [0.1, 0.15) is 0 Å². The van der Waals surface area contributed by atoms with E-state index in [0.29, 0.717) is 0 Å². The molecule has 12 heteroatoms. The molecule has 162 valence electrons. The second-order valence-corrected chi connectivity index (χ2v) is 6.37. The van der Waals surface area contributed by atoms with Crippen molar-refractivity contribution in [3.63, 3.8) is 0 Å². The van der Waals surface area contributed by atoms with Crippen molar-refractivity contribution in [1.82, 2.24) is 0 Å². The molecule has 8 N–H and O–H groups in total. The summed E-state index contributed by atoms with van der Waals surface area (Å²) >= 11 is 0. The molecule has 0 unspecified atom stereocenters. The van der Waals surface area contributed by atoms with Gasteiger partial charge in [-0.05, 0) is 0 Å². The molecule has 0 aromatic heterocycles. The van der Waals surface area contributed by atoms with Gasteiger partial charge in [0.1, 0.15) is 62.0 Å². The fourth-order valence-corrected chi connectivity index (χ4v) is 2.76. The van der Waals surface area contributed by atoms with E-state index in [9.17, 15) is 30.6 Å². The summed E-state index contributed by atoms with van der Waals surface area (Å²) in [5, 5.41) is 76.3. The summed E-state index contributed by atoms with van der Waals surface area (Å²) in [6.45, 7) is -1.66. The number of ether oxygens (including phenoxy) is 4. The maximum absolute atomic E-state index is 9.79. The SMILES string of the molecule is OC[C@H]1O[C@H](OCC#CCO[C@H]2O[C@H](CO)[C@@H](O)[C@H](O)[C@@H]2O)[C@@H](O)[C@@H](O)[C@@H]1O. The van der Waals surface area contributed by atoms with Crippen LogP contribution in [0.25, 0.3) is 0 Å². The summed E-state index contributed by atoms with van der Waals surface area (Å²) in [4.78, 5) is 0. The summed E-state index contributed by atoms with van der Waals surface area (Å²) in [7, 11) is 0. The van der Waals surface area contributed by atoms with E-state index >= 15 is 0 Å². The number of rotatable bonds is 6. The van der Waals surface area contributed by atoms with Crippen molar-refractivity contribution in [1.29, 1.82) is 0 Å². The first-order valence-corrected chi connectivity index (χ1v) is 8.61. The smallest absolute Gasteiger partial charge is 0.187 e. The molecule has 0 spiro atoms. The van der Waals surface area contributed by atoms with Gasteiger partial charge in [-0.3, -0.25) is 0 Å². The van der Waals surface area contributed by atoms with Gasteiger partial charge < -0.3 is 59.8 Å². The lowest BCUT2D eigenvalue weighted by Gasteiger charge is -2.39. The van der Waals surface area contributed by atoms with E-state index in [1.165, 1.54) is 0 Å². The first-order valence-electron chi connectivity index (χ1n) is 8.61. The number of aliphatic hydroxyl groups is 8. The van der Waals surface area contributed by atoms with Crippen molar-refractivity contribution < 1.29 is 59.8 Å². The zero-order chi connectivity index (χ0) is 20.8. The molecule has 0 amide bonds. The molecule has 2 saturated heterocycles. The minimum Gasteiger partial charge on any atom is -0.394 e. The third-order valence-electron chi connectivity index (χ3n) is 4.46. The van der Waals surface area contributed by atoms with Gasteiger partial charge in [-0.25, -0.2) is 0 Å². The summed E-state index contributed by atoms with van der Waals surface area (Å²) in [6, 6.07) is 0. The normalized spacial score (nSPS) is 44.0. The van der Waals surface area contributed by atoms with Crippen LogP contribution in [0, 0.1) is 11.8 Å². The maximum atomic E-state index is 9.79. The summed E-state index contributed by atoms with van der Waals surface area (Å²) < 4.78 is 20.6. The molecule has 0 aromatic rings. The van der Waals surface area contributed by atoms with Crippen molar-refractivity contribution in [2.45, 2.75) is 61.4 Å². The Morgan fingerprint density at radius 1 is 0.571 bits per heavy atom. The van der Waals surface area contributed by atoms with E-state index in [0.717, 1.165) is 0 Å². The highest BCUT2D eigenvalue weighted by atomic mass is 16.7. The number of hydrogen-bond acceptors (Lipinski definition) is 12. The molecule has 0 aliphatic carbocycles. The Bertz CT molecular complexity index is 487. The second-order valence-electron chi connectivity index (χ2n) is 6.37. The van der Waals surface area contributed by atoms with Crippen molar-refractivity contribution in [3.05, 3.63) is 0 Å². The Morgan fingerprint density at radius 3 is 1.25 bits per heavy atom. The van der Waals surface area contributed by atoms with E-state index < -0.39 is 74.6 Å². The van der Waals surface area contributed by atoms with Crippen molar-refractivity contribution in [3.8, 4) is 11.8 Å². The van der Waals surface area contributed by atoms with Crippen LogP contribution in [0.2, 0.25) is 0 Å². The molecular formula is C16H26O12. The highest BCUT2D eigenvalue weighted by molar-refractivity contribution is 5.00. The molecule has 2 heterocycles. The van der Waals surface area contributed by atoms with E-state index in [2.05, 4.69) is 11.8 Å². The Morgan fingerprint density at radius 2 is 0.929 bits per heavy atom. The fraction of sp³-hybridized carbons (Fsp3) is 0.875.